The van der Waals surface area contributed by atoms with Crippen molar-refractivity contribution in [3.05, 3.63) is 34.4 Å². The van der Waals surface area contributed by atoms with Gasteiger partial charge in [0, 0.05) is 5.92 Å². The fraction of sp³-hybridized carbons (Fsp3) is 0.462. The minimum Gasteiger partial charge on any atom is -0.294 e. The normalized spacial score (nSPS) is 17.1. The number of benzene rings is 1. The van der Waals surface area contributed by atoms with Gasteiger partial charge < -0.3 is 0 Å². The second-order valence-corrected chi connectivity index (χ2v) is 4.85. The minimum atomic E-state index is -0.743. The van der Waals surface area contributed by atoms with E-state index >= 15 is 0 Å². The van der Waals surface area contributed by atoms with E-state index in [4.69, 9.17) is 11.6 Å². The Bertz CT molecular complexity index is 439. The highest BCUT2D eigenvalue weighted by Crippen LogP contribution is 2.29. The van der Waals surface area contributed by atoms with Gasteiger partial charge in [-0.2, -0.15) is 0 Å². The first-order chi connectivity index (χ1) is 8.09. The number of carbonyl (C=O) groups excluding carboxylic acids is 1. The first kappa shape index (κ1) is 12.5. The molecule has 0 aliphatic heterocycles. The summed E-state index contributed by atoms with van der Waals surface area (Å²) < 4.78 is 26.8. The van der Waals surface area contributed by atoms with E-state index in [-0.39, 0.29) is 22.3 Å². The second kappa shape index (κ2) is 5.13. The van der Waals surface area contributed by atoms with E-state index in [0.717, 1.165) is 44.2 Å². The molecule has 0 heterocycles. The molecular formula is C13H13ClF2O. The van der Waals surface area contributed by atoms with Gasteiger partial charge in [-0.3, -0.25) is 4.79 Å². The molecule has 1 aliphatic rings. The van der Waals surface area contributed by atoms with Gasteiger partial charge >= 0.3 is 0 Å². The maximum atomic E-state index is 13.6. The van der Waals surface area contributed by atoms with Gasteiger partial charge in [0.2, 0.25) is 0 Å². The fourth-order valence-electron chi connectivity index (χ4n) is 2.30. The third-order valence-corrected chi connectivity index (χ3v) is 3.54. The van der Waals surface area contributed by atoms with Gasteiger partial charge in [0.15, 0.2) is 5.78 Å². The molecule has 1 aliphatic carbocycles. The van der Waals surface area contributed by atoms with Crippen LogP contribution < -0.4 is 0 Å². The molecule has 17 heavy (non-hydrogen) atoms. The first-order valence-electron chi connectivity index (χ1n) is 5.78. The van der Waals surface area contributed by atoms with E-state index in [9.17, 15) is 13.6 Å². The van der Waals surface area contributed by atoms with Crippen LogP contribution in [-0.4, -0.2) is 5.78 Å². The van der Waals surface area contributed by atoms with Crippen LogP contribution in [0.4, 0.5) is 8.78 Å². The average Bonchev–Trinajstić information content (AvgIpc) is 2.34. The number of carbonyl (C=O) groups is 1. The Morgan fingerprint density at radius 1 is 1.12 bits per heavy atom. The number of hydrogen-bond donors (Lipinski definition) is 0. The largest absolute Gasteiger partial charge is 0.294 e. The molecule has 1 aromatic carbocycles. The van der Waals surface area contributed by atoms with Crippen molar-refractivity contribution in [3.8, 4) is 0 Å². The van der Waals surface area contributed by atoms with Gasteiger partial charge in [0.1, 0.15) is 11.6 Å². The Balaban J connectivity index is 2.26. The molecule has 1 saturated carbocycles. The van der Waals surface area contributed by atoms with E-state index in [0.29, 0.717) is 0 Å². The number of Topliss-reactive ketones (excluding diaryl/α,β-unsaturated/α-hetero) is 1. The Hall–Kier alpha value is -0.960. The summed E-state index contributed by atoms with van der Waals surface area (Å²) in [4.78, 5) is 12.0. The SMILES string of the molecule is O=C(c1cc(F)c(Cl)cc1F)C1CCCCC1. The van der Waals surface area contributed by atoms with Crippen molar-refractivity contribution >= 4 is 17.4 Å². The fourth-order valence-corrected chi connectivity index (χ4v) is 2.45. The van der Waals surface area contributed by atoms with E-state index in [1.807, 2.05) is 0 Å². The molecule has 0 bridgehead atoms. The van der Waals surface area contributed by atoms with Gasteiger partial charge in [0.05, 0.1) is 10.6 Å². The third kappa shape index (κ3) is 2.65. The van der Waals surface area contributed by atoms with Gasteiger partial charge in [-0.1, -0.05) is 30.9 Å². The molecule has 1 aromatic rings. The molecule has 2 rings (SSSR count). The summed E-state index contributed by atoms with van der Waals surface area (Å²) >= 11 is 5.45. The Kier molecular flexibility index (Phi) is 3.77. The Labute approximate surface area is 104 Å². The molecular weight excluding hydrogens is 246 g/mol. The molecule has 1 nitrogen and oxygen atoms in total. The van der Waals surface area contributed by atoms with Crippen molar-refractivity contribution in [2.75, 3.05) is 0 Å². The van der Waals surface area contributed by atoms with Crippen LogP contribution in [0.3, 0.4) is 0 Å². The van der Waals surface area contributed by atoms with Gasteiger partial charge in [0.25, 0.3) is 0 Å². The molecule has 4 heteroatoms. The highest BCUT2D eigenvalue weighted by atomic mass is 35.5. The van der Waals surface area contributed by atoms with E-state index in [1.54, 1.807) is 0 Å². The topological polar surface area (TPSA) is 17.1 Å². The summed E-state index contributed by atoms with van der Waals surface area (Å²) in [6.45, 7) is 0. The van der Waals surface area contributed by atoms with Crippen LogP contribution in [0.1, 0.15) is 42.5 Å². The average molecular weight is 259 g/mol. The van der Waals surface area contributed by atoms with Crippen molar-refractivity contribution in [1.82, 2.24) is 0 Å². The summed E-state index contributed by atoms with van der Waals surface area (Å²) in [6.07, 6.45) is 4.61. The lowest BCUT2D eigenvalue weighted by molar-refractivity contribution is 0.0885. The third-order valence-electron chi connectivity index (χ3n) is 3.25. The summed E-state index contributed by atoms with van der Waals surface area (Å²) in [5, 5.41) is -0.289. The van der Waals surface area contributed by atoms with Crippen molar-refractivity contribution in [2.24, 2.45) is 5.92 Å². The molecule has 0 aromatic heterocycles. The highest BCUT2D eigenvalue weighted by Gasteiger charge is 2.25. The van der Waals surface area contributed by atoms with Crippen LogP contribution in [-0.2, 0) is 0 Å². The monoisotopic (exact) mass is 258 g/mol. The highest BCUT2D eigenvalue weighted by molar-refractivity contribution is 6.30. The van der Waals surface area contributed by atoms with Crippen LogP contribution in [0, 0.1) is 17.6 Å². The molecule has 0 N–H and O–H groups in total. The quantitative estimate of drug-likeness (QED) is 0.568. The Morgan fingerprint density at radius 3 is 2.41 bits per heavy atom. The molecule has 0 unspecified atom stereocenters. The van der Waals surface area contributed by atoms with Crippen molar-refractivity contribution in [1.29, 1.82) is 0 Å². The molecule has 0 saturated heterocycles. The summed E-state index contributed by atoms with van der Waals surface area (Å²) in [5.41, 5.74) is -0.168. The molecule has 92 valence electrons. The summed E-state index contributed by atoms with van der Waals surface area (Å²) in [7, 11) is 0. The zero-order valence-corrected chi connectivity index (χ0v) is 10.1. The van der Waals surface area contributed by atoms with E-state index < -0.39 is 11.6 Å². The number of halogens is 3. The predicted octanol–water partition coefficient (Wildman–Crippen LogP) is 4.38. The van der Waals surface area contributed by atoms with Crippen LogP contribution >= 0.6 is 11.6 Å². The minimum absolute atomic E-state index is 0.168. The smallest absolute Gasteiger partial charge is 0.168 e. The predicted molar refractivity (Wildman–Crippen MR) is 62.3 cm³/mol. The lowest BCUT2D eigenvalue weighted by Crippen LogP contribution is -2.19. The zero-order valence-electron chi connectivity index (χ0n) is 9.31. The number of hydrogen-bond acceptors (Lipinski definition) is 1. The van der Waals surface area contributed by atoms with Crippen molar-refractivity contribution in [3.63, 3.8) is 0 Å². The van der Waals surface area contributed by atoms with Crippen LogP contribution in [0.25, 0.3) is 0 Å². The molecule has 0 atom stereocenters. The van der Waals surface area contributed by atoms with E-state index in [1.165, 1.54) is 0 Å². The summed E-state index contributed by atoms with van der Waals surface area (Å²) in [5.74, 6) is -1.93. The maximum absolute atomic E-state index is 13.6. The lowest BCUT2D eigenvalue weighted by Gasteiger charge is -2.20. The van der Waals surface area contributed by atoms with Gasteiger partial charge in [-0.05, 0) is 25.0 Å². The second-order valence-electron chi connectivity index (χ2n) is 4.45. The first-order valence-corrected chi connectivity index (χ1v) is 6.16. The van der Waals surface area contributed by atoms with Crippen molar-refractivity contribution < 1.29 is 13.6 Å². The van der Waals surface area contributed by atoms with Crippen molar-refractivity contribution in [2.45, 2.75) is 32.1 Å². The summed E-state index contributed by atoms with van der Waals surface area (Å²) in [6, 6.07) is 1.78. The number of ketones is 1. The number of rotatable bonds is 2. The van der Waals surface area contributed by atoms with Gasteiger partial charge in [-0.15, -0.1) is 0 Å². The Morgan fingerprint density at radius 2 is 1.76 bits per heavy atom. The maximum Gasteiger partial charge on any atom is 0.168 e. The van der Waals surface area contributed by atoms with Crippen LogP contribution in [0.15, 0.2) is 12.1 Å². The molecule has 0 amide bonds. The zero-order chi connectivity index (χ0) is 12.4. The standard InChI is InChI=1S/C13H13ClF2O/c14-10-7-11(15)9(6-12(10)16)13(17)8-4-2-1-3-5-8/h6-8H,1-5H2. The molecule has 1 fully saturated rings. The van der Waals surface area contributed by atoms with Gasteiger partial charge in [-0.25, -0.2) is 8.78 Å². The van der Waals surface area contributed by atoms with Crippen LogP contribution in [0.5, 0.6) is 0 Å². The lowest BCUT2D eigenvalue weighted by atomic mass is 9.84. The molecule has 0 radical (unpaired) electrons. The van der Waals surface area contributed by atoms with E-state index in [2.05, 4.69) is 0 Å². The van der Waals surface area contributed by atoms with Crippen LogP contribution in [0.2, 0.25) is 5.02 Å². The molecule has 0 spiro atoms.